The third kappa shape index (κ3) is 2.81. The van der Waals surface area contributed by atoms with Crippen LogP contribution in [-0.4, -0.2) is 50.7 Å². The molecule has 3 heterocycles. The second-order valence-corrected chi connectivity index (χ2v) is 5.73. The van der Waals surface area contributed by atoms with Gasteiger partial charge in [0.05, 0.1) is 24.4 Å². The normalized spacial score (nSPS) is 19.0. The fourth-order valence-electron chi connectivity index (χ4n) is 2.25. The average molecular weight is 307 g/mol. The molecule has 1 fully saturated rings. The van der Waals surface area contributed by atoms with E-state index in [0.717, 1.165) is 17.9 Å². The quantitative estimate of drug-likeness (QED) is 0.925. The fourth-order valence-corrected chi connectivity index (χ4v) is 3.02. The van der Waals surface area contributed by atoms with Gasteiger partial charge in [-0.25, -0.2) is 9.97 Å². The third-order valence-corrected chi connectivity index (χ3v) is 4.38. The summed E-state index contributed by atoms with van der Waals surface area (Å²) >= 11 is 1.38. The molecule has 0 aromatic carbocycles. The van der Waals surface area contributed by atoms with E-state index in [1.165, 1.54) is 11.3 Å². The van der Waals surface area contributed by atoms with Gasteiger partial charge in [-0.15, -0.1) is 11.3 Å². The van der Waals surface area contributed by atoms with E-state index >= 15 is 0 Å². The van der Waals surface area contributed by atoms with Crippen molar-refractivity contribution >= 4 is 17.2 Å². The van der Waals surface area contributed by atoms with Gasteiger partial charge in [-0.05, 0) is 6.92 Å². The Bertz CT molecular complexity index is 638. The minimum atomic E-state index is -0.271. The molecule has 112 valence electrons. The Labute approximate surface area is 126 Å². The molecule has 0 unspecified atom stereocenters. The first-order valence-electron chi connectivity index (χ1n) is 6.91. The molecule has 2 aromatic rings. The number of morpholine rings is 1. The maximum atomic E-state index is 12.5. The van der Waals surface area contributed by atoms with Gasteiger partial charge >= 0.3 is 0 Å². The standard InChI is InChI=1S/C13H17N5O2S/c1-3-10-15-12(17-16-10)9-6-18(4-5-20-9)13(19)11-8(2)14-7-21-11/h7,9H,3-6H2,1-2H3,(H,15,16,17)/t9-/m0/s1. The molecule has 7 nitrogen and oxygen atoms in total. The van der Waals surface area contributed by atoms with Crippen molar-refractivity contribution in [2.75, 3.05) is 19.7 Å². The number of amides is 1. The summed E-state index contributed by atoms with van der Waals surface area (Å²) in [5, 5.41) is 7.06. The van der Waals surface area contributed by atoms with Gasteiger partial charge in [-0.2, -0.15) is 5.10 Å². The van der Waals surface area contributed by atoms with E-state index in [9.17, 15) is 4.79 Å². The van der Waals surface area contributed by atoms with E-state index in [0.29, 0.717) is 30.4 Å². The number of carbonyl (C=O) groups is 1. The monoisotopic (exact) mass is 307 g/mol. The van der Waals surface area contributed by atoms with Crippen LogP contribution in [0.4, 0.5) is 0 Å². The molecule has 1 aliphatic heterocycles. The summed E-state index contributed by atoms with van der Waals surface area (Å²) in [6.45, 7) is 5.40. The number of rotatable bonds is 3. The van der Waals surface area contributed by atoms with Crippen molar-refractivity contribution in [3.8, 4) is 0 Å². The van der Waals surface area contributed by atoms with E-state index in [2.05, 4.69) is 20.2 Å². The van der Waals surface area contributed by atoms with Crippen LogP contribution in [0.5, 0.6) is 0 Å². The van der Waals surface area contributed by atoms with Gasteiger partial charge < -0.3 is 9.64 Å². The van der Waals surface area contributed by atoms with E-state index in [1.54, 1.807) is 10.4 Å². The van der Waals surface area contributed by atoms with Crippen molar-refractivity contribution in [3.63, 3.8) is 0 Å². The van der Waals surface area contributed by atoms with Gasteiger partial charge in [0.2, 0.25) is 0 Å². The van der Waals surface area contributed by atoms with E-state index in [-0.39, 0.29) is 12.0 Å². The van der Waals surface area contributed by atoms with Crippen LogP contribution in [0.2, 0.25) is 0 Å². The summed E-state index contributed by atoms with van der Waals surface area (Å²) < 4.78 is 5.70. The van der Waals surface area contributed by atoms with Gasteiger partial charge in [0, 0.05) is 13.0 Å². The molecule has 2 aromatic heterocycles. The highest BCUT2D eigenvalue weighted by atomic mass is 32.1. The molecule has 0 saturated carbocycles. The van der Waals surface area contributed by atoms with Crippen molar-refractivity contribution in [1.29, 1.82) is 0 Å². The van der Waals surface area contributed by atoms with Crippen LogP contribution in [0.3, 0.4) is 0 Å². The number of hydrogen-bond donors (Lipinski definition) is 1. The maximum absolute atomic E-state index is 12.5. The number of hydrogen-bond acceptors (Lipinski definition) is 6. The zero-order valence-electron chi connectivity index (χ0n) is 12.0. The van der Waals surface area contributed by atoms with Gasteiger partial charge in [0.1, 0.15) is 16.8 Å². The number of nitrogens with one attached hydrogen (secondary N) is 1. The predicted octanol–water partition coefficient (Wildman–Crippen LogP) is 1.35. The topological polar surface area (TPSA) is 84.0 Å². The number of aryl methyl sites for hydroxylation is 2. The van der Waals surface area contributed by atoms with Crippen LogP contribution in [0.15, 0.2) is 5.51 Å². The fraction of sp³-hybridized carbons (Fsp3) is 0.538. The second kappa shape index (κ2) is 5.90. The summed E-state index contributed by atoms with van der Waals surface area (Å²) in [5.41, 5.74) is 2.47. The molecule has 0 aliphatic carbocycles. The number of aromatic amines is 1. The Morgan fingerprint density at radius 1 is 1.62 bits per heavy atom. The van der Waals surface area contributed by atoms with Gasteiger partial charge in [-0.1, -0.05) is 6.92 Å². The lowest BCUT2D eigenvalue weighted by Crippen LogP contribution is -2.42. The first-order valence-corrected chi connectivity index (χ1v) is 7.79. The molecule has 0 spiro atoms. The van der Waals surface area contributed by atoms with Crippen molar-refractivity contribution in [2.24, 2.45) is 0 Å². The molecule has 0 radical (unpaired) electrons. The SMILES string of the molecule is CCc1nc([C@@H]2CN(C(=O)c3scnc3C)CCO2)n[nH]1. The van der Waals surface area contributed by atoms with E-state index in [1.807, 2.05) is 13.8 Å². The summed E-state index contributed by atoms with van der Waals surface area (Å²) in [5.74, 6) is 1.45. The van der Waals surface area contributed by atoms with Crippen molar-refractivity contribution in [1.82, 2.24) is 25.1 Å². The molecule has 21 heavy (non-hydrogen) atoms. The number of ether oxygens (including phenoxy) is 1. The highest BCUT2D eigenvalue weighted by Gasteiger charge is 2.29. The molecule has 1 saturated heterocycles. The summed E-state index contributed by atoms with van der Waals surface area (Å²) in [7, 11) is 0. The van der Waals surface area contributed by atoms with E-state index < -0.39 is 0 Å². The molecular formula is C13H17N5O2S. The Morgan fingerprint density at radius 3 is 3.14 bits per heavy atom. The lowest BCUT2D eigenvalue weighted by molar-refractivity contribution is -0.0265. The van der Waals surface area contributed by atoms with Crippen molar-refractivity contribution < 1.29 is 9.53 Å². The average Bonchev–Trinajstić information content (AvgIpc) is 3.15. The lowest BCUT2D eigenvalue weighted by Gasteiger charge is -2.31. The third-order valence-electron chi connectivity index (χ3n) is 3.47. The number of thiazole rings is 1. The molecule has 1 aliphatic rings. The second-order valence-electron chi connectivity index (χ2n) is 4.87. The van der Waals surface area contributed by atoms with Crippen LogP contribution < -0.4 is 0 Å². The van der Waals surface area contributed by atoms with Crippen LogP contribution in [-0.2, 0) is 11.2 Å². The Balaban J connectivity index is 1.74. The first kappa shape index (κ1) is 14.2. The lowest BCUT2D eigenvalue weighted by atomic mass is 10.2. The minimum absolute atomic E-state index is 0.00884. The highest BCUT2D eigenvalue weighted by molar-refractivity contribution is 7.11. The predicted molar refractivity (Wildman–Crippen MR) is 77.2 cm³/mol. The molecule has 0 bridgehead atoms. The van der Waals surface area contributed by atoms with Gasteiger partial charge in [0.25, 0.3) is 5.91 Å². The molecule has 1 atom stereocenters. The van der Waals surface area contributed by atoms with Crippen LogP contribution >= 0.6 is 11.3 Å². The molecule has 1 N–H and O–H groups in total. The van der Waals surface area contributed by atoms with Crippen molar-refractivity contribution in [2.45, 2.75) is 26.4 Å². The van der Waals surface area contributed by atoms with Gasteiger partial charge in [-0.3, -0.25) is 9.89 Å². The minimum Gasteiger partial charge on any atom is -0.366 e. The van der Waals surface area contributed by atoms with Gasteiger partial charge in [0.15, 0.2) is 5.82 Å². The summed E-state index contributed by atoms with van der Waals surface area (Å²) in [6.07, 6.45) is 0.523. The number of nitrogens with zero attached hydrogens (tertiary/aromatic N) is 4. The molecule has 8 heteroatoms. The largest absolute Gasteiger partial charge is 0.366 e. The zero-order valence-corrected chi connectivity index (χ0v) is 12.8. The Kier molecular flexibility index (Phi) is 3.98. The number of carbonyl (C=O) groups excluding carboxylic acids is 1. The smallest absolute Gasteiger partial charge is 0.266 e. The number of aromatic nitrogens is 4. The molecule has 3 rings (SSSR count). The Hall–Kier alpha value is -1.80. The maximum Gasteiger partial charge on any atom is 0.266 e. The van der Waals surface area contributed by atoms with Crippen molar-refractivity contribution in [3.05, 3.63) is 27.7 Å². The summed E-state index contributed by atoms with van der Waals surface area (Å²) in [6, 6.07) is 0. The zero-order chi connectivity index (χ0) is 14.8. The Morgan fingerprint density at radius 2 is 2.48 bits per heavy atom. The highest BCUT2D eigenvalue weighted by Crippen LogP contribution is 2.22. The van der Waals surface area contributed by atoms with Crippen LogP contribution in [0.25, 0.3) is 0 Å². The summed E-state index contributed by atoms with van der Waals surface area (Å²) in [4.78, 5) is 23.5. The first-order chi connectivity index (χ1) is 10.2. The van der Waals surface area contributed by atoms with Crippen LogP contribution in [0.1, 0.15) is 40.0 Å². The molecular weight excluding hydrogens is 290 g/mol. The van der Waals surface area contributed by atoms with Crippen LogP contribution in [0, 0.1) is 6.92 Å². The number of H-pyrrole nitrogens is 1. The van der Waals surface area contributed by atoms with E-state index in [4.69, 9.17) is 4.74 Å². The molecule has 1 amide bonds.